The van der Waals surface area contributed by atoms with Gasteiger partial charge in [0.1, 0.15) is 11.1 Å². The Morgan fingerprint density at radius 1 is 1.14 bits per heavy atom. The third kappa shape index (κ3) is 7.24. The van der Waals surface area contributed by atoms with Crippen molar-refractivity contribution in [3.63, 3.8) is 0 Å². The summed E-state index contributed by atoms with van der Waals surface area (Å²) < 4.78 is 27.5. The van der Waals surface area contributed by atoms with Gasteiger partial charge in [0.25, 0.3) is 10.0 Å². The Balaban J connectivity index is 1.65. The zero-order chi connectivity index (χ0) is 25.4. The summed E-state index contributed by atoms with van der Waals surface area (Å²) >= 11 is 1.21. The zero-order valence-corrected chi connectivity index (χ0v) is 21.3. The second-order valence-electron chi connectivity index (χ2n) is 7.77. The van der Waals surface area contributed by atoms with Crippen molar-refractivity contribution in [2.24, 2.45) is 0 Å². The van der Waals surface area contributed by atoms with Crippen molar-refractivity contribution >= 4 is 39.3 Å². The number of anilines is 2. The summed E-state index contributed by atoms with van der Waals surface area (Å²) in [5, 5.41) is 12.2. The average Bonchev–Trinajstić information content (AvgIpc) is 2.83. The molecule has 2 N–H and O–H groups in total. The molecule has 0 radical (unpaired) electrons. The van der Waals surface area contributed by atoms with Crippen molar-refractivity contribution in [3.8, 4) is 6.07 Å². The van der Waals surface area contributed by atoms with Crippen molar-refractivity contribution in [3.05, 3.63) is 65.6 Å². The number of aryl methyl sites for hydroxylation is 2. The van der Waals surface area contributed by atoms with E-state index < -0.39 is 15.3 Å². The number of aromatic nitrogens is 3. The predicted octanol–water partition coefficient (Wildman–Crippen LogP) is 4.31. The van der Waals surface area contributed by atoms with E-state index in [4.69, 9.17) is 0 Å². The monoisotopic (exact) mass is 510 g/mol. The van der Waals surface area contributed by atoms with Gasteiger partial charge in [0.15, 0.2) is 0 Å². The minimum absolute atomic E-state index is 0.00906. The Labute approximate surface area is 209 Å². The van der Waals surface area contributed by atoms with Gasteiger partial charge in [-0.2, -0.15) is 5.26 Å². The van der Waals surface area contributed by atoms with Crippen LogP contribution < -0.4 is 10.0 Å². The highest BCUT2D eigenvalue weighted by Gasteiger charge is 2.19. The Morgan fingerprint density at radius 3 is 2.54 bits per heavy atom. The summed E-state index contributed by atoms with van der Waals surface area (Å²) in [7, 11) is -3.88. The summed E-state index contributed by atoms with van der Waals surface area (Å²) in [5.74, 6) is -0.307. The van der Waals surface area contributed by atoms with Gasteiger partial charge >= 0.3 is 0 Å². The number of amides is 1. The smallest absolute Gasteiger partial charge is 0.264 e. The molecule has 182 valence electrons. The Kier molecular flexibility index (Phi) is 8.78. The van der Waals surface area contributed by atoms with Crippen molar-refractivity contribution < 1.29 is 13.2 Å². The van der Waals surface area contributed by atoms with Crippen LogP contribution in [-0.2, 0) is 21.2 Å². The maximum atomic E-state index is 12.7. The van der Waals surface area contributed by atoms with Gasteiger partial charge in [0.05, 0.1) is 15.7 Å². The first-order valence-electron chi connectivity index (χ1n) is 11.0. The topological polar surface area (TPSA) is 138 Å². The van der Waals surface area contributed by atoms with E-state index in [9.17, 15) is 18.5 Å². The zero-order valence-electron chi connectivity index (χ0n) is 19.6. The molecule has 3 rings (SSSR count). The Hall–Kier alpha value is -3.49. The molecule has 0 aliphatic carbocycles. The lowest BCUT2D eigenvalue weighted by atomic mass is 10.2. The van der Waals surface area contributed by atoms with Crippen LogP contribution in [0.1, 0.15) is 43.6 Å². The molecule has 35 heavy (non-hydrogen) atoms. The molecule has 2 heterocycles. The molecule has 0 aliphatic rings. The van der Waals surface area contributed by atoms with Crippen LogP contribution >= 0.6 is 11.8 Å². The van der Waals surface area contributed by atoms with Gasteiger partial charge in [-0.25, -0.2) is 28.1 Å². The molecule has 0 fully saturated rings. The van der Waals surface area contributed by atoms with Crippen LogP contribution in [0.4, 0.5) is 11.6 Å². The second kappa shape index (κ2) is 11.8. The predicted molar refractivity (Wildman–Crippen MR) is 136 cm³/mol. The largest absolute Gasteiger partial charge is 0.325 e. The number of benzene rings is 1. The fourth-order valence-electron chi connectivity index (χ4n) is 3.01. The number of nitrogens with zero attached hydrogens (tertiary/aromatic N) is 4. The van der Waals surface area contributed by atoms with E-state index in [2.05, 4.69) is 38.0 Å². The highest BCUT2D eigenvalue weighted by Crippen LogP contribution is 2.27. The number of pyridine rings is 1. The molecule has 0 bridgehead atoms. The van der Waals surface area contributed by atoms with E-state index in [-0.39, 0.29) is 16.8 Å². The summed E-state index contributed by atoms with van der Waals surface area (Å²) in [6.07, 6.45) is 4.32. The lowest BCUT2D eigenvalue weighted by Crippen LogP contribution is -2.22. The van der Waals surface area contributed by atoms with Gasteiger partial charge in [-0.1, -0.05) is 25.1 Å². The summed E-state index contributed by atoms with van der Waals surface area (Å²) in [6, 6.07) is 13.2. The molecule has 9 nitrogen and oxygen atoms in total. The van der Waals surface area contributed by atoms with Gasteiger partial charge in [0, 0.05) is 23.3 Å². The molecule has 1 unspecified atom stereocenters. The maximum absolute atomic E-state index is 12.7. The molecule has 2 aromatic heterocycles. The average molecular weight is 511 g/mol. The molecule has 0 spiro atoms. The first kappa shape index (κ1) is 26.1. The molecule has 11 heteroatoms. The molecule has 0 saturated carbocycles. The van der Waals surface area contributed by atoms with Crippen LogP contribution in [-0.4, -0.2) is 34.5 Å². The Bertz CT molecular complexity index is 1340. The van der Waals surface area contributed by atoms with Crippen LogP contribution in [0.3, 0.4) is 0 Å². The summed E-state index contributed by atoms with van der Waals surface area (Å²) in [5.41, 5.74) is 2.39. The molecule has 3 aromatic rings. The Morgan fingerprint density at radius 2 is 1.89 bits per heavy atom. The standard InChI is InChI=1S/C24H26N6O3S2/c1-4-5-6-19-8-7-18(15-25)23(29-19)34-17(3)22(31)28-20-9-11-21(12-10-20)35(32,33)30-24-26-14-13-16(2)27-24/h7-14,17H,4-6H2,1-3H3,(H,28,31)(H,26,27,30). The highest BCUT2D eigenvalue weighted by molar-refractivity contribution is 8.00. The lowest BCUT2D eigenvalue weighted by molar-refractivity contribution is -0.115. The van der Waals surface area contributed by atoms with Gasteiger partial charge in [-0.3, -0.25) is 4.79 Å². The summed E-state index contributed by atoms with van der Waals surface area (Å²) in [4.78, 5) is 25.3. The van der Waals surface area contributed by atoms with Gasteiger partial charge in [-0.05, 0) is 69.2 Å². The number of unbranched alkanes of at least 4 members (excludes halogenated alkanes) is 1. The van der Waals surface area contributed by atoms with Crippen LogP contribution in [0.2, 0.25) is 0 Å². The van der Waals surface area contributed by atoms with E-state index in [1.165, 1.54) is 42.2 Å². The van der Waals surface area contributed by atoms with Gasteiger partial charge < -0.3 is 5.32 Å². The molecule has 0 aliphatic heterocycles. The number of nitrogens with one attached hydrogen (secondary N) is 2. The normalized spacial score (nSPS) is 11.9. The minimum Gasteiger partial charge on any atom is -0.325 e. The van der Waals surface area contributed by atoms with E-state index in [0.717, 1.165) is 25.0 Å². The van der Waals surface area contributed by atoms with Crippen molar-refractivity contribution in [2.75, 3.05) is 10.0 Å². The van der Waals surface area contributed by atoms with Gasteiger partial charge in [-0.15, -0.1) is 0 Å². The van der Waals surface area contributed by atoms with E-state index in [1.807, 2.05) is 6.07 Å². The van der Waals surface area contributed by atoms with Crippen molar-refractivity contribution in [2.45, 2.75) is 55.2 Å². The first-order chi connectivity index (χ1) is 16.7. The first-order valence-corrected chi connectivity index (χ1v) is 13.4. The van der Waals surface area contributed by atoms with E-state index in [0.29, 0.717) is 22.0 Å². The molecule has 1 aromatic carbocycles. The number of carbonyl (C=O) groups is 1. The number of hydrogen-bond acceptors (Lipinski definition) is 8. The SMILES string of the molecule is CCCCc1ccc(C#N)c(SC(C)C(=O)Nc2ccc(S(=O)(=O)Nc3nccc(C)n3)cc2)n1. The molecular formula is C24H26N6O3S2. The minimum atomic E-state index is -3.88. The third-order valence-corrected chi connectivity index (χ3v) is 7.38. The number of carbonyl (C=O) groups excluding carboxylic acids is 1. The number of rotatable bonds is 10. The van der Waals surface area contributed by atoms with Crippen molar-refractivity contribution in [1.29, 1.82) is 5.26 Å². The van der Waals surface area contributed by atoms with Crippen LogP contribution in [0.25, 0.3) is 0 Å². The van der Waals surface area contributed by atoms with Crippen molar-refractivity contribution in [1.82, 2.24) is 15.0 Å². The second-order valence-corrected chi connectivity index (χ2v) is 10.8. The number of nitriles is 1. The molecule has 1 amide bonds. The number of hydrogen-bond donors (Lipinski definition) is 2. The highest BCUT2D eigenvalue weighted by atomic mass is 32.2. The molecule has 1 atom stereocenters. The molecule has 0 saturated heterocycles. The maximum Gasteiger partial charge on any atom is 0.264 e. The van der Waals surface area contributed by atoms with Gasteiger partial charge in [0.2, 0.25) is 11.9 Å². The van der Waals surface area contributed by atoms with Crippen LogP contribution in [0, 0.1) is 18.3 Å². The van der Waals surface area contributed by atoms with Crippen LogP contribution in [0.5, 0.6) is 0 Å². The number of sulfonamides is 1. The fraction of sp³-hybridized carbons (Fsp3) is 0.292. The lowest BCUT2D eigenvalue weighted by Gasteiger charge is -2.13. The summed E-state index contributed by atoms with van der Waals surface area (Å²) in [6.45, 7) is 5.56. The number of thioether (sulfide) groups is 1. The molecular weight excluding hydrogens is 484 g/mol. The van der Waals surface area contributed by atoms with E-state index >= 15 is 0 Å². The van der Waals surface area contributed by atoms with Crippen LogP contribution in [0.15, 0.2) is 58.6 Å². The van der Waals surface area contributed by atoms with E-state index in [1.54, 1.807) is 26.0 Å². The third-order valence-electron chi connectivity index (χ3n) is 4.94. The fourth-order valence-corrected chi connectivity index (χ4v) is 4.87. The quantitative estimate of drug-likeness (QED) is 0.385.